The molecule has 2 aromatic rings. The summed E-state index contributed by atoms with van der Waals surface area (Å²) in [6.07, 6.45) is 0. The highest BCUT2D eigenvalue weighted by molar-refractivity contribution is 14.1. The Bertz CT molecular complexity index is 639. The van der Waals surface area contributed by atoms with Crippen molar-refractivity contribution in [1.29, 1.82) is 0 Å². The summed E-state index contributed by atoms with van der Waals surface area (Å²) in [5.41, 5.74) is 2.01. The first-order chi connectivity index (χ1) is 9.56. The number of halogens is 1. The van der Waals surface area contributed by atoms with E-state index >= 15 is 0 Å². The minimum absolute atomic E-state index is 0.000147. The summed E-state index contributed by atoms with van der Waals surface area (Å²) in [6.45, 7) is 1.51. The number of nitrogens with one attached hydrogen (secondary N) is 2. The van der Waals surface area contributed by atoms with Crippen molar-refractivity contribution in [1.82, 2.24) is 0 Å². The van der Waals surface area contributed by atoms with Gasteiger partial charge in [-0.15, -0.1) is 0 Å². The van der Waals surface area contributed by atoms with Crippen LogP contribution in [0.5, 0.6) is 0 Å². The summed E-state index contributed by atoms with van der Waals surface area (Å²) < 4.78 is 0.965. The number of carbonyl (C=O) groups is 2. The van der Waals surface area contributed by atoms with Gasteiger partial charge < -0.3 is 10.6 Å². The van der Waals surface area contributed by atoms with Gasteiger partial charge in [-0.05, 0) is 65.9 Å². The fourth-order valence-corrected chi connectivity index (χ4v) is 2.16. The smallest absolute Gasteiger partial charge is 0.308 e. The summed E-state index contributed by atoms with van der Waals surface area (Å²) >= 11 is 2.16. The third-order valence-corrected chi connectivity index (χ3v) is 3.61. The van der Waals surface area contributed by atoms with E-state index in [2.05, 4.69) is 33.2 Å². The van der Waals surface area contributed by atoms with Crippen LogP contribution < -0.4 is 10.6 Å². The van der Waals surface area contributed by atoms with Gasteiger partial charge in [-0.25, -0.2) is 4.79 Å². The maximum absolute atomic E-state index is 11.9. The summed E-state index contributed by atoms with van der Waals surface area (Å²) in [5.74, 6) is -0.000147. The van der Waals surface area contributed by atoms with Gasteiger partial charge in [-0.3, -0.25) is 4.79 Å². The van der Waals surface area contributed by atoms with Crippen molar-refractivity contribution < 1.29 is 9.59 Å². The summed E-state index contributed by atoms with van der Waals surface area (Å²) in [7, 11) is 0. The number of hydrogen-bond acceptors (Lipinski definition) is 2. The Labute approximate surface area is 130 Å². The van der Waals surface area contributed by atoms with Crippen molar-refractivity contribution in [3.05, 3.63) is 57.7 Å². The molecule has 0 atom stereocenters. The molecule has 2 rings (SSSR count). The lowest BCUT2D eigenvalue weighted by atomic mass is 10.1. The van der Waals surface area contributed by atoms with Crippen LogP contribution >= 0.6 is 22.6 Å². The molecule has 2 N–H and O–H groups in total. The van der Waals surface area contributed by atoms with E-state index in [1.165, 1.54) is 6.92 Å². The van der Waals surface area contributed by atoms with Gasteiger partial charge in [0.1, 0.15) is 0 Å². The van der Waals surface area contributed by atoms with E-state index in [-0.39, 0.29) is 11.8 Å². The van der Waals surface area contributed by atoms with Gasteiger partial charge in [0.2, 0.25) is 0 Å². The van der Waals surface area contributed by atoms with Crippen LogP contribution in [0.4, 0.5) is 16.2 Å². The molecule has 2 amide bonds. The molecule has 0 heterocycles. The number of amides is 2. The SMILES string of the molecule is CC(=O)c1ccc(NC(=O)Nc2ccccc2I)cc1. The predicted octanol–water partition coefficient (Wildman–Crippen LogP) is 4.14. The fraction of sp³-hybridized carbons (Fsp3) is 0.0667. The largest absolute Gasteiger partial charge is 0.323 e. The molecule has 0 aliphatic rings. The minimum atomic E-state index is -0.315. The van der Waals surface area contributed by atoms with Crippen molar-refractivity contribution in [3.63, 3.8) is 0 Å². The third kappa shape index (κ3) is 3.80. The van der Waals surface area contributed by atoms with Gasteiger partial charge in [-0.2, -0.15) is 0 Å². The maximum atomic E-state index is 11.9. The second kappa shape index (κ2) is 6.51. The molecule has 0 aromatic heterocycles. The maximum Gasteiger partial charge on any atom is 0.323 e. The quantitative estimate of drug-likeness (QED) is 0.621. The molecule has 2 aromatic carbocycles. The van der Waals surface area contributed by atoms with Crippen LogP contribution in [0.3, 0.4) is 0 Å². The van der Waals surface area contributed by atoms with Gasteiger partial charge in [0, 0.05) is 14.8 Å². The predicted molar refractivity (Wildman–Crippen MR) is 88.2 cm³/mol. The number of carbonyl (C=O) groups excluding carboxylic acids is 2. The third-order valence-electron chi connectivity index (χ3n) is 2.67. The topological polar surface area (TPSA) is 58.2 Å². The number of hydrogen-bond donors (Lipinski definition) is 2. The number of para-hydroxylation sites is 1. The van der Waals surface area contributed by atoms with Gasteiger partial charge in [0.15, 0.2) is 5.78 Å². The van der Waals surface area contributed by atoms with Gasteiger partial charge in [0.25, 0.3) is 0 Å². The molecule has 0 radical (unpaired) electrons. The van der Waals surface area contributed by atoms with Gasteiger partial charge >= 0.3 is 6.03 Å². The Kier molecular flexibility index (Phi) is 4.73. The molecule has 0 aliphatic heterocycles. The normalized spacial score (nSPS) is 9.90. The van der Waals surface area contributed by atoms with E-state index < -0.39 is 0 Å². The van der Waals surface area contributed by atoms with Gasteiger partial charge in [-0.1, -0.05) is 12.1 Å². The average Bonchev–Trinajstić information content (AvgIpc) is 2.42. The van der Waals surface area contributed by atoms with Crippen LogP contribution in [0.25, 0.3) is 0 Å². The zero-order chi connectivity index (χ0) is 14.5. The molecule has 5 heteroatoms. The summed E-state index contributed by atoms with van der Waals surface area (Å²) in [6, 6.07) is 14.0. The highest BCUT2D eigenvalue weighted by Gasteiger charge is 2.05. The standard InChI is InChI=1S/C15H13IN2O2/c1-10(19)11-6-8-12(9-7-11)17-15(20)18-14-5-3-2-4-13(14)16/h2-9H,1H3,(H2,17,18,20). The number of anilines is 2. The van der Waals surface area contributed by atoms with E-state index in [1.54, 1.807) is 24.3 Å². The first-order valence-corrected chi connectivity index (χ1v) is 7.07. The molecule has 0 aliphatic carbocycles. The number of rotatable bonds is 3. The van der Waals surface area contributed by atoms with Crippen LogP contribution in [0.2, 0.25) is 0 Å². The van der Waals surface area contributed by atoms with E-state index in [0.717, 1.165) is 9.26 Å². The van der Waals surface area contributed by atoms with Crippen LogP contribution in [0.1, 0.15) is 17.3 Å². The zero-order valence-corrected chi connectivity index (χ0v) is 13.0. The highest BCUT2D eigenvalue weighted by atomic mass is 127. The van der Waals surface area contributed by atoms with Crippen LogP contribution in [0.15, 0.2) is 48.5 Å². The number of ketones is 1. The molecule has 0 spiro atoms. The van der Waals surface area contributed by atoms with Crippen LogP contribution in [-0.4, -0.2) is 11.8 Å². The molecular weight excluding hydrogens is 367 g/mol. The Hall–Kier alpha value is -1.89. The molecule has 4 nitrogen and oxygen atoms in total. The zero-order valence-electron chi connectivity index (χ0n) is 10.8. The van der Waals surface area contributed by atoms with Crippen LogP contribution in [-0.2, 0) is 0 Å². The molecule has 102 valence electrons. The highest BCUT2D eigenvalue weighted by Crippen LogP contribution is 2.17. The second-order valence-electron chi connectivity index (χ2n) is 4.19. The van der Waals surface area contributed by atoms with Crippen molar-refractivity contribution >= 4 is 45.8 Å². The van der Waals surface area contributed by atoms with Crippen molar-refractivity contribution in [3.8, 4) is 0 Å². The first kappa shape index (κ1) is 14.5. The summed E-state index contributed by atoms with van der Waals surface area (Å²) in [5, 5.41) is 5.49. The van der Waals surface area contributed by atoms with E-state index in [1.807, 2.05) is 24.3 Å². The van der Waals surface area contributed by atoms with E-state index in [0.29, 0.717) is 11.3 Å². The lowest BCUT2D eigenvalue weighted by Gasteiger charge is -2.09. The van der Waals surface area contributed by atoms with Crippen LogP contribution in [0, 0.1) is 3.57 Å². The molecule has 0 saturated carbocycles. The van der Waals surface area contributed by atoms with Gasteiger partial charge in [0.05, 0.1) is 5.69 Å². The molecular formula is C15H13IN2O2. The lowest BCUT2D eigenvalue weighted by Crippen LogP contribution is -2.19. The van der Waals surface area contributed by atoms with E-state index in [4.69, 9.17) is 0 Å². The van der Waals surface area contributed by atoms with E-state index in [9.17, 15) is 9.59 Å². The molecule has 0 bridgehead atoms. The molecule has 0 unspecified atom stereocenters. The Morgan fingerprint density at radius 3 is 2.20 bits per heavy atom. The Morgan fingerprint density at radius 1 is 0.950 bits per heavy atom. The fourth-order valence-electron chi connectivity index (χ4n) is 1.64. The van der Waals surface area contributed by atoms with Crippen molar-refractivity contribution in [2.24, 2.45) is 0 Å². The monoisotopic (exact) mass is 380 g/mol. The minimum Gasteiger partial charge on any atom is -0.308 e. The molecule has 0 fully saturated rings. The molecule has 20 heavy (non-hydrogen) atoms. The van der Waals surface area contributed by atoms with Crippen molar-refractivity contribution in [2.75, 3.05) is 10.6 Å². The first-order valence-electron chi connectivity index (χ1n) is 6.00. The number of Topliss-reactive ketones (excluding diaryl/α,β-unsaturated/α-hetero) is 1. The second-order valence-corrected chi connectivity index (χ2v) is 5.35. The average molecular weight is 380 g/mol. The molecule has 0 saturated heterocycles. The lowest BCUT2D eigenvalue weighted by molar-refractivity contribution is 0.101. The van der Waals surface area contributed by atoms with Crippen molar-refractivity contribution in [2.45, 2.75) is 6.92 Å². The number of urea groups is 1. The Balaban J connectivity index is 2.01. The summed E-state index contributed by atoms with van der Waals surface area (Å²) in [4.78, 5) is 23.0. The Morgan fingerprint density at radius 2 is 1.60 bits per heavy atom. The number of benzene rings is 2.